The molecule has 170 valence electrons. The lowest BCUT2D eigenvalue weighted by Gasteiger charge is -2.38. The molecule has 0 spiro atoms. The standard InChI is InChI=1S/C23H40O5Si2/c1-16-18(21(24)28-30(10,11)23(5,6)7)12-13-19-20(16)27-17(14-25-19)15-26-29(8,9)22(2,3)4/h12-13,17H,14-15H2,1-11H3. The first kappa shape index (κ1) is 24.9. The van der Waals surface area contributed by atoms with E-state index in [-0.39, 0.29) is 22.1 Å². The molecule has 0 radical (unpaired) electrons. The van der Waals surface area contributed by atoms with Gasteiger partial charge in [0.2, 0.25) is 0 Å². The van der Waals surface area contributed by atoms with E-state index in [1.54, 1.807) is 12.1 Å². The Balaban J connectivity index is 2.18. The van der Waals surface area contributed by atoms with Crippen LogP contribution < -0.4 is 9.47 Å². The van der Waals surface area contributed by atoms with Crippen molar-refractivity contribution < 1.29 is 23.1 Å². The molecule has 0 amide bonds. The van der Waals surface area contributed by atoms with Gasteiger partial charge in [-0.1, -0.05) is 41.5 Å². The molecular weight excluding hydrogens is 412 g/mol. The summed E-state index contributed by atoms with van der Waals surface area (Å²) < 4.78 is 24.5. The SMILES string of the molecule is Cc1c(C(=O)O[Si](C)(C)C(C)(C)C)ccc2c1OC(CO[Si](C)(C)C(C)(C)C)CO2. The normalized spacial score (nSPS) is 17.6. The van der Waals surface area contributed by atoms with E-state index in [1.807, 2.05) is 6.92 Å². The second kappa shape index (κ2) is 8.32. The van der Waals surface area contributed by atoms with Gasteiger partial charge in [0.1, 0.15) is 6.61 Å². The first-order valence-corrected chi connectivity index (χ1v) is 16.6. The second-order valence-electron chi connectivity index (χ2n) is 11.3. The van der Waals surface area contributed by atoms with Gasteiger partial charge >= 0.3 is 5.97 Å². The molecule has 0 saturated heterocycles. The van der Waals surface area contributed by atoms with Crippen molar-refractivity contribution in [3.8, 4) is 11.5 Å². The summed E-state index contributed by atoms with van der Waals surface area (Å²) in [5.41, 5.74) is 1.29. The minimum Gasteiger partial charge on any atom is -0.516 e. The lowest BCUT2D eigenvalue weighted by atomic mass is 10.1. The monoisotopic (exact) mass is 452 g/mol. The number of carbonyl (C=O) groups excluding carboxylic acids is 1. The van der Waals surface area contributed by atoms with Crippen molar-refractivity contribution in [3.05, 3.63) is 23.3 Å². The fourth-order valence-electron chi connectivity index (χ4n) is 2.57. The predicted octanol–water partition coefficient (Wildman–Crippen LogP) is 6.32. The Morgan fingerprint density at radius 3 is 2.13 bits per heavy atom. The molecule has 1 atom stereocenters. The lowest BCUT2D eigenvalue weighted by Crippen LogP contribution is -2.45. The van der Waals surface area contributed by atoms with Crippen molar-refractivity contribution in [2.45, 2.75) is 90.8 Å². The largest absolute Gasteiger partial charge is 0.516 e. The number of benzene rings is 1. The van der Waals surface area contributed by atoms with Crippen LogP contribution in [-0.2, 0) is 8.85 Å². The Labute approximate surface area is 184 Å². The molecule has 7 heteroatoms. The Kier molecular flexibility index (Phi) is 6.92. The molecule has 0 saturated carbocycles. The molecule has 0 bridgehead atoms. The highest BCUT2D eigenvalue weighted by molar-refractivity contribution is 6.75. The molecule has 2 rings (SSSR count). The van der Waals surface area contributed by atoms with Gasteiger partial charge in [-0.05, 0) is 55.3 Å². The van der Waals surface area contributed by atoms with Crippen molar-refractivity contribution in [3.63, 3.8) is 0 Å². The van der Waals surface area contributed by atoms with Crippen LogP contribution in [0.25, 0.3) is 0 Å². The van der Waals surface area contributed by atoms with Gasteiger partial charge in [0, 0.05) is 5.56 Å². The summed E-state index contributed by atoms with van der Waals surface area (Å²) in [5, 5.41) is 0.0909. The van der Waals surface area contributed by atoms with E-state index in [0.717, 1.165) is 5.56 Å². The maximum Gasteiger partial charge on any atom is 0.325 e. The third-order valence-corrected chi connectivity index (χ3v) is 15.7. The Hall–Kier alpha value is -1.32. The van der Waals surface area contributed by atoms with Crippen molar-refractivity contribution in [2.75, 3.05) is 13.2 Å². The van der Waals surface area contributed by atoms with E-state index < -0.39 is 16.6 Å². The lowest BCUT2D eigenvalue weighted by molar-refractivity contribution is 0.0481. The van der Waals surface area contributed by atoms with Crippen LogP contribution in [-0.4, -0.2) is 41.9 Å². The highest BCUT2D eigenvalue weighted by Gasteiger charge is 2.41. The Morgan fingerprint density at radius 1 is 1.03 bits per heavy atom. The van der Waals surface area contributed by atoms with Crippen molar-refractivity contribution in [1.29, 1.82) is 0 Å². The summed E-state index contributed by atoms with van der Waals surface area (Å²) in [6.07, 6.45) is -0.197. The molecule has 5 nitrogen and oxygen atoms in total. The van der Waals surface area contributed by atoms with Gasteiger partial charge in [0.15, 0.2) is 25.9 Å². The molecule has 0 fully saturated rings. The van der Waals surface area contributed by atoms with Crippen LogP contribution in [0.4, 0.5) is 0 Å². The summed E-state index contributed by atoms with van der Waals surface area (Å²) in [4.78, 5) is 13.0. The second-order valence-corrected chi connectivity index (χ2v) is 20.9. The Morgan fingerprint density at radius 2 is 1.60 bits per heavy atom. The molecule has 0 N–H and O–H groups in total. The van der Waals surface area contributed by atoms with Crippen LogP contribution in [0.3, 0.4) is 0 Å². The van der Waals surface area contributed by atoms with Crippen molar-refractivity contribution >= 4 is 22.6 Å². The van der Waals surface area contributed by atoms with Gasteiger partial charge in [-0.25, -0.2) is 4.79 Å². The Bertz CT molecular complexity index is 788. The minimum atomic E-state index is -2.21. The van der Waals surface area contributed by atoms with E-state index in [4.69, 9.17) is 18.3 Å². The smallest absolute Gasteiger partial charge is 0.325 e. The van der Waals surface area contributed by atoms with E-state index in [0.29, 0.717) is 30.3 Å². The van der Waals surface area contributed by atoms with Crippen LogP contribution in [0.1, 0.15) is 57.5 Å². The molecule has 1 unspecified atom stereocenters. The van der Waals surface area contributed by atoms with Gasteiger partial charge < -0.3 is 18.3 Å². The van der Waals surface area contributed by atoms with Crippen molar-refractivity contribution in [2.24, 2.45) is 0 Å². The topological polar surface area (TPSA) is 54.0 Å². The molecule has 1 aliphatic heterocycles. The first-order valence-electron chi connectivity index (χ1n) is 10.8. The molecule has 1 aromatic carbocycles. The summed E-state index contributed by atoms with van der Waals surface area (Å²) >= 11 is 0. The number of rotatable bonds is 5. The van der Waals surface area contributed by atoms with Gasteiger partial charge in [-0.2, -0.15) is 0 Å². The van der Waals surface area contributed by atoms with E-state index in [1.165, 1.54) is 0 Å². The van der Waals surface area contributed by atoms with Gasteiger partial charge in [-0.15, -0.1) is 0 Å². The third-order valence-electron chi connectivity index (χ3n) is 6.89. The number of hydrogen-bond acceptors (Lipinski definition) is 5. The van der Waals surface area contributed by atoms with Gasteiger partial charge in [0.05, 0.1) is 12.2 Å². The molecule has 30 heavy (non-hydrogen) atoms. The summed E-state index contributed by atoms with van der Waals surface area (Å²) in [6, 6.07) is 3.58. The molecule has 1 aliphatic rings. The fraction of sp³-hybridized carbons (Fsp3) is 0.696. The van der Waals surface area contributed by atoms with Crippen molar-refractivity contribution in [1.82, 2.24) is 0 Å². The minimum absolute atomic E-state index is 0.0451. The number of hydrogen-bond donors (Lipinski definition) is 0. The van der Waals surface area contributed by atoms with Crippen LogP contribution in [0, 0.1) is 6.92 Å². The van der Waals surface area contributed by atoms with Crippen LogP contribution >= 0.6 is 0 Å². The first-order chi connectivity index (χ1) is 13.5. The van der Waals surface area contributed by atoms with Crippen LogP contribution in [0.5, 0.6) is 11.5 Å². The van der Waals surface area contributed by atoms with Crippen LogP contribution in [0.15, 0.2) is 12.1 Å². The molecular formula is C23H40O5Si2. The van der Waals surface area contributed by atoms with E-state index in [2.05, 4.69) is 67.7 Å². The predicted molar refractivity (Wildman–Crippen MR) is 127 cm³/mol. The zero-order valence-corrected chi connectivity index (χ0v) is 22.7. The molecule has 1 heterocycles. The molecule has 1 aromatic rings. The maximum atomic E-state index is 13.0. The highest BCUT2D eigenvalue weighted by Crippen LogP contribution is 2.41. The zero-order valence-electron chi connectivity index (χ0n) is 20.7. The average Bonchev–Trinajstić information content (AvgIpc) is 2.58. The highest BCUT2D eigenvalue weighted by atomic mass is 28.4. The number of fused-ring (bicyclic) bond motifs is 1. The number of carbonyl (C=O) groups is 1. The summed E-state index contributed by atoms with van der Waals surface area (Å²) in [7, 11) is -4.08. The van der Waals surface area contributed by atoms with E-state index >= 15 is 0 Å². The zero-order chi connectivity index (χ0) is 23.1. The summed E-state index contributed by atoms with van der Waals surface area (Å²) in [5.74, 6) is 1.000. The quantitative estimate of drug-likeness (QED) is 0.489. The van der Waals surface area contributed by atoms with E-state index in [9.17, 15) is 4.79 Å². The number of ether oxygens (including phenoxy) is 2. The van der Waals surface area contributed by atoms with Gasteiger partial charge in [-0.3, -0.25) is 0 Å². The summed E-state index contributed by atoms with van der Waals surface area (Å²) in [6.45, 7) is 24.4. The van der Waals surface area contributed by atoms with Gasteiger partial charge in [0.25, 0.3) is 8.32 Å². The average molecular weight is 453 g/mol. The third kappa shape index (κ3) is 5.29. The molecule has 0 aliphatic carbocycles. The fourth-order valence-corrected chi connectivity index (χ4v) is 4.49. The molecule has 0 aromatic heterocycles. The maximum absolute atomic E-state index is 13.0. The van der Waals surface area contributed by atoms with Crippen LogP contribution in [0.2, 0.25) is 36.3 Å².